The smallest absolute Gasteiger partial charge is 0.190 e. The molecule has 7 rings (SSSR count). The molecule has 5 aliphatic carbocycles. The van der Waals surface area contributed by atoms with Crippen molar-refractivity contribution in [3.63, 3.8) is 0 Å². The molecule has 2 aliphatic heterocycles. The normalized spacial score (nSPS) is 52.2. The Morgan fingerprint density at radius 2 is 1.54 bits per heavy atom. The molecule has 346 valence electrons. The largest absolute Gasteiger partial charge is 0.390 e. The molecular formula is C41H66FN5O14. The maximum Gasteiger partial charge on any atom is 0.190 e. The zero-order valence-corrected chi connectivity index (χ0v) is 34.9. The third-order valence-corrected chi connectivity index (χ3v) is 15.6. The Hall–Kier alpha value is -1.93. The van der Waals surface area contributed by atoms with E-state index in [0.29, 0.717) is 24.8 Å². The first-order chi connectivity index (χ1) is 28.6. The molecule has 2 saturated heterocycles. The lowest BCUT2D eigenvalue weighted by Crippen LogP contribution is -2.69. The maximum absolute atomic E-state index is 17.5. The molecule has 19 nitrogen and oxygen atoms in total. The molecule has 0 unspecified atom stereocenters. The highest BCUT2D eigenvalue weighted by molar-refractivity contribution is 6.01. The Morgan fingerprint density at radius 1 is 0.885 bits per heavy atom. The van der Waals surface area contributed by atoms with Crippen LogP contribution in [-0.2, 0) is 38.0 Å². The molecule has 6 fully saturated rings. The maximum atomic E-state index is 17.5. The van der Waals surface area contributed by atoms with E-state index >= 15 is 4.39 Å². The van der Waals surface area contributed by atoms with Gasteiger partial charge in [-0.25, -0.2) is 4.39 Å². The van der Waals surface area contributed by atoms with E-state index in [0.717, 1.165) is 0 Å². The van der Waals surface area contributed by atoms with Crippen molar-refractivity contribution in [3.8, 4) is 0 Å². The summed E-state index contributed by atoms with van der Waals surface area (Å²) in [6.07, 6.45) is -8.17. The first-order valence-electron chi connectivity index (χ1n) is 21.4. The predicted molar refractivity (Wildman–Crippen MR) is 211 cm³/mol. The van der Waals surface area contributed by atoms with Gasteiger partial charge in [-0.2, -0.15) is 0 Å². The van der Waals surface area contributed by atoms with Gasteiger partial charge in [0.25, 0.3) is 0 Å². The van der Waals surface area contributed by atoms with Crippen molar-refractivity contribution in [3.05, 3.63) is 23.8 Å². The van der Waals surface area contributed by atoms with Crippen LogP contribution in [0, 0.1) is 28.6 Å². The van der Waals surface area contributed by atoms with Crippen molar-refractivity contribution in [2.45, 2.75) is 162 Å². The second-order valence-corrected chi connectivity index (χ2v) is 19.0. The predicted octanol–water partition coefficient (Wildman–Crippen LogP) is -3.38. The van der Waals surface area contributed by atoms with Gasteiger partial charge in [-0.05, 0) is 69.4 Å². The van der Waals surface area contributed by atoms with Gasteiger partial charge in [0.1, 0.15) is 55.6 Å². The molecule has 2 heterocycles. The van der Waals surface area contributed by atoms with Gasteiger partial charge in [0.15, 0.2) is 29.8 Å². The number of Topliss-reactive ketones (excluding diaryl/α,β-unsaturated/α-hetero) is 1. The summed E-state index contributed by atoms with van der Waals surface area (Å²) in [6, 6.07) is -3.68. The lowest BCUT2D eigenvalue weighted by atomic mass is 9.44. The number of hydrogen-bond donors (Lipinski definition) is 11. The molecule has 0 amide bonds. The minimum absolute atomic E-state index is 0.00324. The van der Waals surface area contributed by atoms with Crippen LogP contribution in [0.25, 0.3) is 0 Å². The van der Waals surface area contributed by atoms with Crippen LogP contribution in [0.15, 0.2) is 23.8 Å². The average Bonchev–Trinajstić information content (AvgIpc) is 3.41. The van der Waals surface area contributed by atoms with E-state index in [2.05, 4.69) is 0 Å². The van der Waals surface area contributed by atoms with Crippen LogP contribution in [0.1, 0.15) is 59.3 Å². The molecule has 61 heavy (non-hydrogen) atoms. The molecule has 20 heteroatoms. The minimum atomic E-state index is -2.11. The van der Waals surface area contributed by atoms with Gasteiger partial charge in [0.2, 0.25) is 0 Å². The molecule has 0 aromatic rings. The number of nitrogens with two attached hydrogens (primary N) is 5. The first kappa shape index (κ1) is 47.0. The number of carbonyl (C=O) groups excluding carboxylic acids is 2. The summed E-state index contributed by atoms with van der Waals surface area (Å²) in [5.41, 5.74) is 24.9. The van der Waals surface area contributed by atoms with Gasteiger partial charge in [-0.3, -0.25) is 9.59 Å². The number of alkyl halides is 1. The Labute approximate surface area is 354 Å². The number of hydrogen-bond acceptors (Lipinski definition) is 19. The van der Waals surface area contributed by atoms with E-state index in [-0.39, 0.29) is 38.2 Å². The quantitative estimate of drug-likeness (QED) is 0.0673. The standard InChI is InChI=1S/C41H66FN5O14/c1-17-8-21-20-5-4-18-9-19(48)6-7-38(18,2)40(20,42)28(50)12-39(21,3)41(17,55)29(51)15-57-16-56-14-27-31(52)30(47)32(53)37(59-27)61-35-23(45)10-22(44)34(33(35)54)60-36-24(46)11-25(49)26(13-43)58-36/h6-7,9,17,20-28,30-37,49-50,52-55H,4-5,8,10-16,43-47H2,1-3H3/t17-,20-,21-,22-,23+,24+,25-,26+,27+,28-,30-,31+,32+,33-,34+,35-,36+,37+,38-,39-,40-,41-/m0/s1. The molecule has 0 aromatic heterocycles. The average molecular weight is 872 g/mol. The monoisotopic (exact) mass is 871 g/mol. The molecule has 4 saturated carbocycles. The van der Waals surface area contributed by atoms with Crippen molar-refractivity contribution in [1.29, 1.82) is 0 Å². The highest BCUT2D eigenvalue weighted by Crippen LogP contribution is 2.70. The minimum Gasteiger partial charge on any atom is -0.390 e. The van der Waals surface area contributed by atoms with Crippen molar-refractivity contribution >= 4 is 11.6 Å². The first-order valence-corrected chi connectivity index (χ1v) is 21.4. The second kappa shape index (κ2) is 17.5. The zero-order chi connectivity index (χ0) is 44.6. The third kappa shape index (κ3) is 7.69. The van der Waals surface area contributed by atoms with Crippen molar-refractivity contribution < 1.29 is 73.0 Å². The van der Waals surface area contributed by atoms with Crippen LogP contribution in [-0.4, -0.2) is 172 Å². The van der Waals surface area contributed by atoms with Crippen LogP contribution >= 0.6 is 0 Å². The molecule has 0 aromatic carbocycles. The summed E-state index contributed by atoms with van der Waals surface area (Å²) in [7, 11) is 0. The zero-order valence-electron chi connectivity index (χ0n) is 34.9. The van der Waals surface area contributed by atoms with E-state index in [1.807, 2.05) is 0 Å². The number of allylic oxidation sites excluding steroid dienone is 4. The number of halogens is 1. The lowest BCUT2D eigenvalue weighted by Gasteiger charge is -2.62. The third-order valence-electron chi connectivity index (χ3n) is 15.6. The number of rotatable bonds is 12. The van der Waals surface area contributed by atoms with Crippen LogP contribution in [0.5, 0.6) is 0 Å². The van der Waals surface area contributed by atoms with Crippen LogP contribution in [0.2, 0.25) is 0 Å². The van der Waals surface area contributed by atoms with E-state index in [4.69, 9.17) is 57.1 Å². The van der Waals surface area contributed by atoms with Gasteiger partial charge in [0.05, 0.1) is 37.0 Å². The van der Waals surface area contributed by atoms with Gasteiger partial charge < -0.3 is 87.7 Å². The fourth-order valence-corrected chi connectivity index (χ4v) is 12.0. The van der Waals surface area contributed by atoms with Crippen molar-refractivity contribution in [2.24, 2.45) is 57.3 Å². The molecule has 16 N–H and O–H groups in total. The van der Waals surface area contributed by atoms with E-state index in [9.17, 15) is 40.2 Å². The summed E-state index contributed by atoms with van der Waals surface area (Å²) in [5, 5.41) is 67.3. The Bertz CT molecular complexity index is 1700. The van der Waals surface area contributed by atoms with Gasteiger partial charge >= 0.3 is 0 Å². The number of ketones is 2. The van der Waals surface area contributed by atoms with Gasteiger partial charge in [0, 0.05) is 35.4 Å². The highest BCUT2D eigenvalue weighted by atomic mass is 19.1. The van der Waals surface area contributed by atoms with E-state index in [1.54, 1.807) is 26.8 Å². The molecule has 0 radical (unpaired) electrons. The number of carbonyl (C=O) groups is 2. The molecule has 22 atom stereocenters. The summed E-state index contributed by atoms with van der Waals surface area (Å²) in [4.78, 5) is 26.1. The van der Waals surface area contributed by atoms with Gasteiger partial charge in [-0.15, -0.1) is 0 Å². The molecule has 0 bridgehead atoms. The van der Waals surface area contributed by atoms with Crippen LogP contribution in [0.4, 0.5) is 4.39 Å². The van der Waals surface area contributed by atoms with Crippen LogP contribution in [0.3, 0.4) is 0 Å². The number of ether oxygens (including phenoxy) is 6. The van der Waals surface area contributed by atoms with Crippen molar-refractivity contribution in [2.75, 3.05) is 26.6 Å². The number of aliphatic hydroxyl groups is 6. The fourth-order valence-electron chi connectivity index (χ4n) is 12.0. The topological polar surface area (TPSA) is 341 Å². The molecule has 0 spiro atoms. The van der Waals surface area contributed by atoms with Crippen molar-refractivity contribution in [1.82, 2.24) is 0 Å². The Balaban J connectivity index is 0.940. The molecule has 7 aliphatic rings. The second-order valence-electron chi connectivity index (χ2n) is 19.0. The highest BCUT2D eigenvalue weighted by Gasteiger charge is 2.75. The summed E-state index contributed by atoms with van der Waals surface area (Å²) >= 11 is 0. The van der Waals surface area contributed by atoms with E-state index < -0.39 is 151 Å². The Kier molecular flexibility index (Phi) is 13.5. The van der Waals surface area contributed by atoms with Crippen LogP contribution < -0.4 is 28.7 Å². The Morgan fingerprint density at radius 3 is 2.21 bits per heavy atom. The number of aliphatic hydroxyl groups excluding tert-OH is 5. The number of fused-ring (bicyclic) bond motifs is 5. The molecular weight excluding hydrogens is 805 g/mol. The fraction of sp³-hybridized carbons (Fsp3) is 0.854. The SMILES string of the molecule is C[C@H]1C[C@H]2[C@@H]3CCC4=CC(=O)C=C[C@]4(C)[C@@]3(F)[C@@H](O)C[C@]2(C)[C@@]1(O)C(=O)COCOC[C@H]1O[C@H](O[C@@H]2[C@@H](O)[C@H](O[C@H]3O[C@H](CN)[C@@H](O)C[C@H]3N)[C@@H](N)C[C@H]2N)[C@H](O)[C@@H](N)[C@@H]1O. The summed E-state index contributed by atoms with van der Waals surface area (Å²) < 4.78 is 52.4. The van der Waals surface area contributed by atoms with Gasteiger partial charge in [-0.1, -0.05) is 25.5 Å². The van der Waals surface area contributed by atoms with E-state index in [1.165, 1.54) is 12.2 Å². The summed E-state index contributed by atoms with van der Waals surface area (Å²) in [6.45, 7) is 3.77. The lowest BCUT2D eigenvalue weighted by molar-refractivity contribution is -0.317. The summed E-state index contributed by atoms with van der Waals surface area (Å²) in [5.74, 6) is -2.60.